The number of hydroxylamine groups is 2. The van der Waals surface area contributed by atoms with Crippen LogP contribution in [0.2, 0.25) is 5.02 Å². The Kier molecular flexibility index (Phi) is 3.96. The van der Waals surface area contributed by atoms with Crippen molar-refractivity contribution in [2.24, 2.45) is 9.98 Å². The monoisotopic (exact) mass is 313 g/mol. The molecule has 112 valence electrons. The Hall–Kier alpha value is -2.17. The quantitative estimate of drug-likeness (QED) is 0.877. The summed E-state index contributed by atoms with van der Waals surface area (Å²) in [6.07, 6.45) is 0. The van der Waals surface area contributed by atoms with Crippen molar-refractivity contribution < 1.29 is 5.21 Å². The molecule has 1 heterocycles. The van der Waals surface area contributed by atoms with E-state index < -0.39 is 0 Å². The minimum Gasteiger partial charge on any atom is -0.288 e. The molecule has 22 heavy (non-hydrogen) atoms. The van der Waals surface area contributed by atoms with Crippen LogP contribution in [0.3, 0.4) is 0 Å². The molecule has 0 unspecified atom stereocenters. The van der Waals surface area contributed by atoms with E-state index in [0.717, 1.165) is 21.7 Å². The molecule has 2 aromatic carbocycles. The average Bonchev–Trinajstić information content (AvgIpc) is 2.64. The Morgan fingerprint density at radius 2 is 1.91 bits per heavy atom. The van der Waals surface area contributed by atoms with Crippen LogP contribution < -0.4 is 10.6 Å². The van der Waals surface area contributed by atoms with E-state index in [9.17, 15) is 5.21 Å². The fourth-order valence-corrected chi connectivity index (χ4v) is 2.63. The molecule has 0 aliphatic carbocycles. The van der Waals surface area contributed by atoms with Crippen molar-refractivity contribution in [2.75, 3.05) is 13.6 Å². The summed E-state index contributed by atoms with van der Waals surface area (Å²) in [5.74, 6) is 0.563. The summed E-state index contributed by atoms with van der Waals surface area (Å²) in [7, 11) is 1.67. The van der Waals surface area contributed by atoms with Crippen molar-refractivity contribution in [3.8, 4) is 0 Å². The third-order valence-corrected chi connectivity index (χ3v) is 3.83. The SMILES string of the molecule is C/N=C1/CN(O)C(c2ccc(C)cc2)=c2cc(Cl)ccc2=N1. The van der Waals surface area contributed by atoms with Gasteiger partial charge in [-0.1, -0.05) is 41.4 Å². The molecule has 0 radical (unpaired) electrons. The fourth-order valence-electron chi connectivity index (χ4n) is 2.46. The second-order valence-corrected chi connectivity index (χ2v) is 5.62. The van der Waals surface area contributed by atoms with Crippen LogP contribution in [0.15, 0.2) is 52.4 Å². The van der Waals surface area contributed by atoms with Gasteiger partial charge in [0.05, 0.1) is 11.1 Å². The van der Waals surface area contributed by atoms with Crippen molar-refractivity contribution in [3.05, 3.63) is 69.2 Å². The highest BCUT2D eigenvalue weighted by Gasteiger charge is 2.17. The van der Waals surface area contributed by atoms with Gasteiger partial charge >= 0.3 is 0 Å². The third kappa shape index (κ3) is 2.75. The normalized spacial score (nSPS) is 16.3. The van der Waals surface area contributed by atoms with E-state index in [1.807, 2.05) is 43.3 Å². The number of benzene rings is 2. The molecule has 0 fully saturated rings. The number of aryl methyl sites for hydroxylation is 1. The first-order chi connectivity index (χ1) is 10.6. The molecule has 4 nitrogen and oxygen atoms in total. The largest absolute Gasteiger partial charge is 0.288 e. The lowest BCUT2D eigenvalue weighted by Crippen LogP contribution is -2.31. The summed E-state index contributed by atoms with van der Waals surface area (Å²) in [5, 5.41) is 13.8. The van der Waals surface area contributed by atoms with Gasteiger partial charge in [0.1, 0.15) is 12.4 Å². The number of hydrogen-bond acceptors (Lipinski definition) is 3. The van der Waals surface area contributed by atoms with Gasteiger partial charge in [0, 0.05) is 22.9 Å². The lowest BCUT2D eigenvalue weighted by Gasteiger charge is -2.19. The molecule has 0 saturated heterocycles. The van der Waals surface area contributed by atoms with Gasteiger partial charge in [0.15, 0.2) is 0 Å². The highest BCUT2D eigenvalue weighted by molar-refractivity contribution is 6.30. The maximum Gasteiger partial charge on any atom is 0.145 e. The van der Waals surface area contributed by atoms with Crippen molar-refractivity contribution in [2.45, 2.75) is 6.92 Å². The van der Waals surface area contributed by atoms with Crippen LogP contribution in [-0.2, 0) is 0 Å². The van der Waals surface area contributed by atoms with Gasteiger partial charge in [-0.2, -0.15) is 0 Å². The zero-order valence-electron chi connectivity index (χ0n) is 12.4. The summed E-state index contributed by atoms with van der Waals surface area (Å²) < 4.78 is 0. The number of hydrogen-bond donors (Lipinski definition) is 1. The number of fused-ring (bicyclic) bond motifs is 1. The Bertz CT molecular complexity index is 856. The van der Waals surface area contributed by atoms with Gasteiger partial charge in [-0.05, 0) is 25.1 Å². The molecule has 5 heteroatoms. The Labute approximate surface area is 133 Å². The lowest BCUT2D eigenvalue weighted by molar-refractivity contribution is -0.0119. The molecule has 0 aromatic heterocycles. The molecule has 2 aromatic rings. The highest BCUT2D eigenvalue weighted by atomic mass is 35.5. The van der Waals surface area contributed by atoms with Gasteiger partial charge < -0.3 is 0 Å². The predicted octanol–water partition coefficient (Wildman–Crippen LogP) is 2.16. The first kappa shape index (κ1) is 14.8. The maximum atomic E-state index is 10.5. The maximum absolute atomic E-state index is 10.5. The number of aliphatic imine (C=N–C) groups is 1. The molecule has 0 spiro atoms. The zero-order valence-corrected chi connectivity index (χ0v) is 13.2. The Morgan fingerprint density at radius 3 is 2.59 bits per heavy atom. The molecule has 0 saturated carbocycles. The summed E-state index contributed by atoms with van der Waals surface area (Å²) in [6.45, 7) is 2.26. The minimum atomic E-state index is 0.228. The topological polar surface area (TPSA) is 48.2 Å². The van der Waals surface area contributed by atoms with Crippen molar-refractivity contribution in [3.63, 3.8) is 0 Å². The van der Waals surface area contributed by atoms with Gasteiger partial charge in [-0.3, -0.25) is 10.2 Å². The lowest BCUT2D eigenvalue weighted by atomic mass is 10.1. The first-order valence-electron chi connectivity index (χ1n) is 6.96. The zero-order chi connectivity index (χ0) is 15.7. The van der Waals surface area contributed by atoms with Gasteiger partial charge in [-0.25, -0.2) is 10.1 Å². The second kappa shape index (κ2) is 5.91. The number of rotatable bonds is 1. The summed E-state index contributed by atoms with van der Waals surface area (Å²) >= 11 is 6.14. The second-order valence-electron chi connectivity index (χ2n) is 5.19. The van der Waals surface area contributed by atoms with Crippen LogP contribution in [0.4, 0.5) is 0 Å². The van der Waals surface area contributed by atoms with Gasteiger partial charge in [0.25, 0.3) is 0 Å². The summed E-state index contributed by atoms with van der Waals surface area (Å²) in [4.78, 5) is 8.63. The van der Waals surface area contributed by atoms with E-state index >= 15 is 0 Å². The molecule has 0 atom stereocenters. The molecule has 0 bridgehead atoms. The highest BCUT2D eigenvalue weighted by Crippen LogP contribution is 2.17. The fraction of sp³-hybridized carbons (Fsp3) is 0.176. The van der Waals surface area contributed by atoms with E-state index in [1.54, 1.807) is 13.1 Å². The molecule has 1 N–H and O–H groups in total. The first-order valence-corrected chi connectivity index (χ1v) is 7.34. The van der Waals surface area contributed by atoms with E-state index in [2.05, 4.69) is 9.98 Å². The van der Waals surface area contributed by atoms with E-state index in [0.29, 0.717) is 16.6 Å². The molecule has 1 aliphatic heterocycles. The van der Waals surface area contributed by atoms with Crippen molar-refractivity contribution in [1.82, 2.24) is 5.06 Å². The van der Waals surface area contributed by atoms with Crippen LogP contribution in [0.1, 0.15) is 11.1 Å². The number of halogens is 1. The minimum absolute atomic E-state index is 0.228. The molecular formula is C17H16ClN3O. The average molecular weight is 314 g/mol. The van der Waals surface area contributed by atoms with Crippen molar-refractivity contribution >= 4 is 23.1 Å². The number of amidine groups is 1. The standard InChI is InChI=1S/C17H16ClN3O/c1-11-3-5-12(6-4-11)17-14-9-13(18)7-8-15(14)20-16(19-2)10-21(17)22/h3-9,22H,10H2,1-2H3/b19-16-. The van der Waals surface area contributed by atoms with Crippen molar-refractivity contribution in [1.29, 1.82) is 0 Å². The Balaban J connectivity index is 2.39. The van der Waals surface area contributed by atoms with Crippen LogP contribution in [0.25, 0.3) is 5.70 Å². The Morgan fingerprint density at radius 1 is 1.18 bits per heavy atom. The van der Waals surface area contributed by atoms with E-state index in [-0.39, 0.29) is 6.54 Å². The third-order valence-electron chi connectivity index (χ3n) is 3.60. The number of nitrogens with zero attached hydrogens (tertiary/aromatic N) is 3. The molecule has 3 rings (SSSR count). The predicted molar refractivity (Wildman–Crippen MR) is 87.8 cm³/mol. The molecule has 1 aliphatic rings. The summed E-state index contributed by atoms with van der Waals surface area (Å²) in [6, 6.07) is 13.4. The van der Waals surface area contributed by atoms with Crippen LogP contribution in [0, 0.1) is 6.92 Å². The molecular weight excluding hydrogens is 298 g/mol. The van der Waals surface area contributed by atoms with Gasteiger partial charge in [-0.15, -0.1) is 0 Å². The van der Waals surface area contributed by atoms with E-state index in [4.69, 9.17) is 11.6 Å². The van der Waals surface area contributed by atoms with Crippen LogP contribution in [-0.4, -0.2) is 29.7 Å². The van der Waals surface area contributed by atoms with Gasteiger partial charge in [0.2, 0.25) is 0 Å². The smallest absolute Gasteiger partial charge is 0.145 e. The van der Waals surface area contributed by atoms with E-state index in [1.165, 1.54) is 5.06 Å². The summed E-state index contributed by atoms with van der Waals surface area (Å²) in [5.41, 5.74) is 2.75. The molecule has 0 amide bonds. The van der Waals surface area contributed by atoms with Crippen LogP contribution in [0.5, 0.6) is 0 Å². The van der Waals surface area contributed by atoms with Crippen LogP contribution >= 0.6 is 11.6 Å².